The SMILES string of the molecule is C1=CN2CC=NN2C=C1. The zero-order valence-electron chi connectivity index (χ0n) is 4.94. The highest BCUT2D eigenvalue weighted by Gasteiger charge is 2.11. The van der Waals surface area contributed by atoms with Gasteiger partial charge >= 0.3 is 0 Å². The van der Waals surface area contributed by atoms with Crippen molar-refractivity contribution in [2.75, 3.05) is 6.54 Å². The summed E-state index contributed by atoms with van der Waals surface area (Å²) in [7, 11) is 0. The van der Waals surface area contributed by atoms with Crippen LogP contribution in [0.25, 0.3) is 0 Å². The third-order valence-electron chi connectivity index (χ3n) is 1.32. The fourth-order valence-corrected chi connectivity index (χ4v) is 0.883. The molecule has 3 heteroatoms. The fraction of sp³-hybridized carbons (Fsp3) is 0.167. The molecular weight excluding hydrogens is 114 g/mol. The molecule has 2 heterocycles. The molecule has 0 unspecified atom stereocenters. The van der Waals surface area contributed by atoms with Gasteiger partial charge in [0.15, 0.2) is 0 Å². The van der Waals surface area contributed by atoms with Crippen LogP contribution in [0.3, 0.4) is 0 Å². The summed E-state index contributed by atoms with van der Waals surface area (Å²) in [5.41, 5.74) is 0. The van der Waals surface area contributed by atoms with Gasteiger partial charge in [-0.1, -0.05) is 0 Å². The molecule has 0 aromatic heterocycles. The minimum atomic E-state index is 0.890. The summed E-state index contributed by atoms with van der Waals surface area (Å²) in [6, 6.07) is 0. The number of nitrogens with zero attached hydrogens (tertiary/aromatic N) is 3. The van der Waals surface area contributed by atoms with E-state index >= 15 is 0 Å². The monoisotopic (exact) mass is 121 g/mol. The maximum atomic E-state index is 4.05. The van der Waals surface area contributed by atoms with Crippen LogP contribution in [0.5, 0.6) is 0 Å². The van der Waals surface area contributed by atoms with Gasteiger partial charge in [0.1, 0.15) is 0 Å². The van der Waals surface area contributed by atoms with Gasteiger partial charge in [-0.15, -0.1) is 0 Å². The van der Waals surface area contributed by atoms with Crippen molar-refractivity contribution in [3.63, 3.8) is 0 Å². The molecule has 0 aromatic carbocycles. The Kier molecular flexibility index (Phi) is 0.828. The Bertz CT molecular complexity index is 192. The van der Waals surface area contributed by atoms with Crippen LogP contribution in [0.2, 0.25) is 0 Å². The first-order valence-corrected chi connectivity index (χ1v) is 2.90. The summed E-state index contributed by atoms with van der Waals surface area (Å²) in [5.74, 6) is 0. The Morgan fingerprint density at radius 2 is 2.11 bits per heavy atom. The van der Waals surface area contributed by atoms with Gasteiger partial charge < -0.3 is 0 Å². The van der Waals surface area contributed by atoms with Gasteiger partial charge in [-0.2, -0.15) is 10.2 Å². The normalized spacial score (nSPS) is 21.3. The van der Waals surface area contributed by atoms with Gasteiger partial charge in [-0.05, 0) is 12.2 Å². The summed E-state index contributed by atoms with van der Waals surface area (Å²) in [6.07, 6.45) is 9.74. The van der Waals surface area contributed by atoms with Crippen molar-refractivity contribution in [3.8, 4) is 0 Å². The van der Waals surface area contributed by atoms with Crippen molar-refractivity contribution in [2.45, 2.75) is 0 Å². The predicted molar refractivity (Wildman–Crippen MR) is 35.3 cm³/mol. The molecule has 3 nitrogen and oxygen atoms in total. The van der Waals surface area contributed by atoms with E-state index in [1.165, 1.54) is 0 Å². The standard InChI is InChI=1S/C6H7N3/c1-2-5-9-7-3-6-8(9)4-1/h1-5H,6H2. The van der Waals surface area contributed by atoms with Crippen molar-refractivity contribution < 1.29 is 0 Å². The number of hydrogen-bond donors (Lipinski definition) is 0. The van der Waals surface area contributed by atoms with E-state index in [0.717, 1.165) is 6.54 Å². The van der Waals surface area contributed by atoms with E-state index in [0.29, 0.717) is 0 Å². The van der Waals surface area contributed by atoms with Crippen LogP contribution < -0.4 is 0 Å². The second-order valence-corrected chi connectivity index (χ2v) is 1.92. The maximum absolute atomic E-state index is 4.05. The summed E-state index contributed by atoms with van der Waals surface area (Å²) in [6.45, 7) is 0.890. The van der Waals surface area contributed by atoms with Crippen LogP contribution in [0, 0.1) is 0 Å². The van der Waals surface area contributed by atoms with E-state index in [2.05, 4.69) is 5.10 Å². The number of rotatable bonds is 0. The van der Waals surface area contributed by atoms with Crippen LogP contribution in [0.15, 0.2) is 29.7 Å². The van der Waals surface area contributed by atoms with Crippen molar-refractivity contribution in [1.29, 1.82) is 0 Å². The Morgan fingerprint density at radius 3 is 3.00 bits per heavy atom. The second-order valence-electron chi connectivity index (χ2n) is 1.92. The van der Waals surface area contributed by atoms with Crippen LogP contribution in [-0.2, 0) is 0 Å². The minimum absolute atomic E-state index is 0.890. The first-order valence-electron chi connectivity index (χ1n) is 2.90. The summed E-state index contributed by atoms with van der Waals surface area (Å²) in [5, 5.41) is 7.87. The Balaban J connectivity index is 2.25. The summed E-state index contributed by atoms with van der Waals surface area (Å²) in [4.78, 5) is 0. The average molecular weight is 121 g/mol. The fourth-order valence-electron chi connectivity index (χ4n) is 0.883. The molecule has 0 N–H and O–H groups in total. The zero-order valence-corrected chi connectivity index (χ0v) is 4.94. The topological polar surface area (TPSA) is 18.8 Å². The van der Waals surface area contributed by atoms with E-state index in [1.807, 2.05) is 35.8 Å². The molecule has 0 atom stereocenters. The molecule has 0 spiro atoms. The van der Waals surface area contributed by atoms with Crippen molar-refractivity contribution >= 4 is 6.21 Å². The summed E-state index contributed by atoms with van der Waals surface area (Å²) >= 11 is 0. The van der Waals surface area contributed by atoms with Crippen LogP contribution in [0.1, 0.15) is 0 Å². The number of fused-ring (bicyclic) bond motifs is 1. The van der Waals surface area contributed by atoms with Crippen molar-refractivity contribution in [3.05, 3.63) is 24.6 Å². The van der Waals surface area contributed by atoms with Gasteiger partial charge in [0, 0.05) is 18.6 Å². The first-order chi connectivity index (χ1) is 4.47. The Hall–Kier alpha value is -1.25. The third kappa shape index (κ3) is 0.614. The maximum Gasteiger partial charge on any atom is 0.0780 e. The van der Waals surface area contributed by atoms with Gasteiger partial charge in [0.25, 0.3) is 0 Å². The van der Waals surface area contributed by atoms with E-state index in [4.69, 9.17) is 0 Å². The van der Waals surface area contributed by atoms with E-state index in [1.54, 1.807) is 5.12 Å². The first kappa shape index (κ1) is 4.61. The van der Waals surface area contributed by atoms with E-state index < -0.39 is 0 Å². The number of hydrogen-bond acceptors (Lipinski definition) is 3. The van der Waals surface area contributed by atoms with E-state index in [9.17, 15) is 0 Å². The molecule has 9 heavy (non-hydrogen) atoms. The molecule has 0 aliphatic carbocycles. The molecule has 0 fully saturated rings. The highest BCUT2D eigenvalue weighted by Crippen LogP contribution is 2.09. The highest BCUT2D eigenvalue weighted by molar-refractivity contribution is 5.61. The zero-order chi connectivity index (χ0) is 6.10. The molecule has 2 aliphatic heterocycles. The molecule has 0 amide bonds. The van der Waals surface area contributed by atoms with Crippen LogP contribution in [-0.4, -0.2) is 22.9 Å². The molecule has 0 bridgehead atoms. The second kappa shape index (κ2) is 1.62. The molecule has 0 aromatic rings. The van der Waals surface area contributed by atoms with E-state index in [-0.39, 0.29) is 0 Å². The van der Waals surface area contributed by atoms with Crippen molar-refractivity contribution in [2.24, 2.45) is 5.10 Å². The van der Waals surface area contributed by atoms with Gasteiger partial charge in [0.05, 0.1) is 6.54 Å². The Morgan fingerprint density at radius 1 is 1.22 bits per heavy atom. The average Bonchev–Trinajstić information content (AvgIpc) is 2.33. The quantitative estimate of drug-likeness (QED) is 0.466. The summed E-state index contributed by atoms with van der Waals surface area (Å²) < 4.78 is 0. The van der Waals surface area contributed by atoms with Crippen LogP contribution in [0.4, 0.5) is 0 Å². The van der Waals surface area contributed by atoms with Crippen molar-refractivity contribution in [1.82, 2.24) is 10.1 Å². The van der Waals surface area contributed by atoms with Gasteiger partial charge in [-0.3, -0.25) is 5.01 Å². The van der Waals surface area contributed by atoms with Gasteiger partial charge in [0.2, 0.25) is 0 Å². The molecule has 0 radical (unpaired) electrons. The lowest BCUT2D eigenvalue weighted by molar-refractivity contribution is 0.119. The third-order valence-corrected chi connectivity index (χ3v) is 1.32. The minimum Gasteiger partial charge on any atom is -0.267 e. The lowest BCUT2D eigenvalue weighted by Crippen LogP contribution is -2.27. The highest BCUT2D eigenvalue weighted by atomic mass is 15.8. The lowest BCUT2D eigenvalue weighted by atomic mass is 10.5. The molecule has 2 rings (SSSR count). The largest absolute Gasteiger partial charge is 0.267 e. The molecule has 2 aliphatic rings. The van der Waals surface area contributed by atoms with Gasteiger partial charge in [-0.25, -0.2) is 0 Å². The number of hydrazine groups is 1. The molecule has 0 saturated carbocycles. The lowest BCUT2D eigenvalue weighted by Gasteiger charge is -2.23. The predicted octanol–water partition coefficient (Wildman–Crippen LogP) is 0.546. The smallest absolute Gasteiger partial charge is 0.0780 e. The van der Waals surface area contributed by atoms with Crippen LogP contribution >= 0.6 is 0 Å². The Labute approximate surface area is 53.5 Å². The number of allylic oxidation sites excluding steroid dienone is 2. The molecule has 46 valence electrons. The molecule has 0 saturated heterocycles. The number of hydrazone groups is 1. The molecular formula is C6H7N3.